The van der Waals surface area contributed by atoms with Gasteiger partial charge in [0.15, 0.2) is 0 Å². The van der Waals surface area contributed by atoms with Gasteiger partial charge in [0.1, 0.15) is 0 Å². The normalized spacial score (nSPS) is 15.0. The second-order valence-electron chi connectivity index (χ2n) is 8.15. The summed E-state index contributed by atoms with van der Waals surface area (Å²) >= 11 is 0. The van der Waals surface area contributed by atoms with E-state index in [1.54, 1.807) is 4.90 Å². The van der Waals surface area contributed by atoms with Gasteiger partial charge in [0.05, 0.1) is 19.0 Å². The van der Waals surface area contributed by atoms with Crippen molar-refractivity contribution in [3.8, 4) is 6.07 Å². The lowest BCUT2D eigenvalue weighted by molar-refractivity contribution is -0.120. The largest absolute Gasteiger partial charge is 0.310 e. The number of piperazine rings is 1. The van der Waals surface area contributed by atoms with Crippen molar-refractivity contribution in [2.75, 3.05) is 50.7 Å². The highest BCUT2D eigenvalue weighted by Gasteiger charge is 2.22. The number of benzene rings is 2. The van der Waals surface area contributed by atoms with E-state index >= 15 is 0 Å². The number of aryl methyl sites for hydroxylation is 2. The lowest BCUT2D eigenvalue weighted by Crippen LogP contribution is -2.50. The van der Waals surface area contributed by atoms with E-state index in [-0.39, 0.29) is 5.91 Å². The number of amides is 1. The van der Waals surface area contributed by atoms with Crippen molar-refractivity contribution in [3.05, 3.63) is 65.2 Å². The predicted octanol–water partition coefficient (Wildman–Crippen LogP) is 3.41. The average Bonchev–Trinajstić information content (AvgIpc) is 2.73. The van der Waals surface area contributed by atoms with Crippen molar-refractivity contribution in [1.82, 2.24) is 9.80 Å². The van der Waals surface area contributed by atoms with Crippen molar-refractivity contribution in [3.63, 3.8) is 0 Å². The molecule has 3 rings (SSSR count). The Balaban J connectivity index is 1.53. The third-order valence-electron chi connectivity index (χ3n) is 5.65. The number of nitrogens with zero attached hydrogens (tertiary/aromatic N) is 4. The molecule has 1 aliphatic heterocycles. The number of hydrogen-bond donors (Lipinski definition) is 0. The maximum atomic E-state index is 13.1. The summed E-state index contributed by atoms with van der Waals surface area (Å²) in [7, 11) is 0. The first kappa shape index (κ1) is 22.0. The topological polar surface area (TPSA) is 50.6 Å². The summed E-state index contributed by atoms with van der Waals surface area (Å²) in [6, 6.07) is 18.9. The van der Waals surface area contributed by atoms with E-state index in [2.05, 4.69) is 52.3 Å². The van der Waals surface area contributed by atoms with E-state index in [4.69, 9.17) is 5.26 Å². The fraction of sp³-hybridized carbons (Fsp3) is 0.440. The molecule has 5 nitrogen and oxygen atoms in total. The molecule has 1 amide bonds. The van der Waals surface area contributed by atoms with Gasteiger partial charge < -0.3 is 9.80 Å². The lowest BCUT2D eigenvalue weighted by Gasteiger charge is -2.35. The van der Waals surface area contributed by atoms with Crippen LogP contribution in [0.2, 0.25) is 0 Å². The van der Waals surface area contributed by atoms with Crippen molar-refractivity contribution in [2.24, 2.45) is 0 Å². The van der Waals surface area contributed by atoms with E-state index in [0.29, 0.717) is 19.5 Å². The first-order chi connectivity index (χ1) is 14.5. The van der Waals surface area contributed by atoms with Gasteiger partial charge in [0.25, 0.3) is 0 Å². The van der Waals surface area contributed by atoms with Crippen molar-refractivity contribution in [1.29, 1.82) is 5.26 Å². The minimum Gasteiger partial charge on any atom is -0.310 e. The van der Waals surface area contributed by atoms with Crippen molar-refractivity contribution >= 4 is 11.6 Å². The van der Waals surface area contributed by atoms with Crippen LogP contribution in [-0.4, -0.2) is 61.5 Å². The van der Waals surface area contributed by atoms with Gasteiger partial charge in [-0.3, -0.25) is 9.69 Å². The second-order valence-corrected chi connectivity index (χ2v) is 8.15. The summed E-state index contributed by atoms with van der Waals surface area (Å²) in [6.45, 7) is 9.77. The fourth-order valence-corrected chi connectivity index (χ4v) is 4.05. The molecule has 158 valence electrons. The van der Waals surface area contributed by atoms with Crippen molar-refractivity contribution in [2.45, 2.75) is 26.7 Å². The van der Waals surface area contributed by atoms with Crippen LogP contribution >= 0.6 is 0 Å². The molecular weight excluding hydrogens is 372 g/mol. The zero-order chi connectivity index (χ0) is 21.3. The van der Waals surface area contributed by atoms with Crippen molar-refractivity contribution < 1.29 is 4.79 Å². The Labute approximate surface area is 180 Å². The number of carbonyl (C=O) groups excluding carboxylic acids is 1. The van der Waals surface area contributed by atoms with Crippen LogP contribution in [0.1, 0.15) is 23.1 Å². The van der Waals surface area contributed by atoms with Crippen LogP contribution in [0.3, 0.4) is 0 Å². The molecule has 1 heterocycles. The van der Waals surface area contributed by atoms with Gasteiger partial charge in [-0.2, -0.15) is 5.26 Å². The predicted molar refractivity (Wildman–Crippen MR) is 122 cm³/mol. The van der Waals surface area contributed by atoms with Gasteiger partial charge in [0, 0.05) is 45.0 Å². The first-order valence-electron chi connectivity index (χ1n) is 10.8. The maximum absolute atomic E-state index is 13.1. The molecule has 0 aromatic heterocycles. The Bertz CT molecular complexity index is 846. The van der Waals surface area contributed by atoms with Crippen LogP contribution in [0.25, 0.3) is 0 Å². The molecule has 1 saturated heterocycles. The Morgan fingerprint density at radius 1 is 1.00 bits per heavy atom. The van der Waals surface area contributed by atoms with Gasteiger partial charge in [-0.1, -0.05) is 36.4 Å². The van der Waals surface area contributed by atoms with Crippen LogP contribution in [-0.2, 0) is 11.2 Å². The highest BCUT2D eigenvalue weighted by atomic mass is 16.2. The number of nitriles is 1. The molecule has 0 unspecified atom stereocenters. The van der Waals surface area contributed by atoms with Gasteiger partial charge >= 0.3 is 0 Å². The molecule has 2 aromatic rings. The molecule has 0 spiro atoms. The molecule has 0 bridgehead atoms. The highest BCUT2D eigenvalue weighted by molar-refractivity contribution is 5.95. The standard InChI is InChI=1S/C25H32N4O/c1-21-17-22(2)19-24(18-21)29(11-6-10-26)25(30)20-28-15-13-27(14-16-28)12-9-23-7-4-3-5-8-23/h3-5,7-8,17-19H,6,9,11-16,20H2,1-2H3. The Kier molecular flexibility index (Phi) is 8.01. The minimum atomic E-state index is 0.0768. The summed E-state index contributed by atoms with van der Waals surface area (Å²) in [5, 5.41) is 9.03. The monoisotopic (exact) mass is 404 g/mol. The Morgan fingerprint density at radius 3 is 2.27 bits per heavy atom. The molecule has 1 aliphatic rings. The van der Waals surface area contributed by atoms with Crippen LogP contribution in [0.4, 0.5) is 5.69 Å². The summed E-state index contributed by atoms with van der Waals surface area (Å²) in [4.78, 5) is 19.6. The quantitative estimate of drug-likeness (QED) is 0.677. The molecule has 0 aliphatic carbocycles. The number of hydrogen-bond acceptors (Lipinski definition) is 4. The van der Waals surface area contributed by atoms with E-state index in [9.17, 15) is 4.79 Å². The number of carbonyl (C=O) groups is 1. The summed E-state index contributed by atoms with van der Waals surface area (Å²) < 4.78 is 0. The second kappa shape index (κ2) is 10.9. The van der Waals surface area contributed by atoms with Crippen LogP contribution in [0.5, 0.6) is 0 Å². The summed E-state index contributed by atoms with van der Waals surface area (Å²) in [5.74, 6) is 0.0768. The molecule has 0 radical (unpaired) electrons. The Morgan fingerprint density at radius 2 is 1.63 bits per heavy atom. The fourth-order valence-electron chi connectivity index (χ4n) is 4.05. The van der Waals surface area contributed by atoms with E-state index in [0.717, 1.165) is 56.0 Å². The maximum Gasteiger partial charge on any atom is 0.241 e. The smallest absolute Gasteiger partial charge is 0.241 e. The van der Waals surface area contributed by atoms with Crippen LogP contribution in [0.15, 0.2) is 48.5 Å². The third kappa shape index (κ3) is 6.41. The summed E-state index contributed by atoms with van der Waals surface area (Å²) in [6.07, 6.45) is 1.40. The van der Waals surface area contributed by atoms with Crippen LogP contribution < -0.4 is 4.90 Å². The van der Waals surface area contributed by atoms with E-state index in [1.165, 1.54) is 5.56 Å². The lowest BCUT2D eigenvalue weighted by atomic mass is 10.1. The number of anilines is 1. The first-order valence-corrected chi connectivity index (χ1v) is 10.8. The zero-order valence-electron chi connectivity index (χ0n) is 18.2. The van der Waals surface area contributed by atoms with Gasteiger partial charge in [-0.05, 0) is 49.1 Å². The third-order valence-corrected chi connectivity index (χ3v) is 5.65. The number of rotatable bonds is 8. The van der Waals surface area contributed by atoms with E-state index in [1.807, 2.05) is 26.0 Å². The Hall–Kier alpha value is -2.68. The molecule has 0 atom stereocenters. The average molecular weight is 405 g/mol. The molecule has 2 aromatic carbocycles. The highest BCUT2D eigenvalue weighted by Crippen LogP contribution is 2.20. The molecular formula is C25H32N4O. The van der Waals surface area contributed by atoms with Gasteiger partial charge in [-0.25, -0.2) is 0 Å². The minimum absolute atomic E-state index is 0.0768. The van der Waals surface area contributed by atoms with Gasteiger partial charge in [0.2, 0.25) is 5.91 Å². The molecule has 0 N–H and O–H groups in total. The molecule has 0 saturated carbocycles. The molecule has 1 fully saturated rings. The van der Waals surface area contributed by atoms with Crippen LogP contribution in [0, 0.1) is 25.2 Å². The van der Waals surface area contributed by atoms with E-state index < -0.39 is 0 Å². The molecule has 5 heteroatoms. The molecule has 30 heavy (non-hydrogen) atoms. The SMILES string of the molecule is Cc1cc(C)cc(N(CCC#N)C(=O)CN2CCN(CCc3ccccc3)CC2)c1. The zero-order valence-corrected chi connectivity index (χ0v) is 18.2. The summed E-state index contributed by atoms with van der Waals surface area (Å²) in [5.41, 5.74) is 4.53. The van der Waals surface area contributed by atoms with Gasteiger partial charge in [-0.15, -0.1) is 0 Å².